The van der Waals surface area contributed by atoms with Gasteiger partial charge in [0.05, 0.1) is 16.5 Å². The first kappa shape index (κ1) is 17.1. The van der Waals surface area contributed by atoms with Gasteiger partial charge in [0.25, 0.3) is 0 Å². The molecular weight excluding hydrogens is 352 g/mol. The van der Waals surface area contributed by atoms with Crippen LogP contribution in [0.25, 0.3) is 11.1 Å². The Morgan fingerprint density at radius 3 is 2.69 bits per heavy atom. The largest absolute Gasteiger partial charge is 0.419 e. The SMILES string of the molecule is Cc1ccccc1C1CCCN1S(=O)(=O)c1ccc2c(c1)oc(=O)n2C. The predicted molar refractivity (Wildman–Crippen MR) is 98.5 cm³/mol. The lowest BCUT2D eigenvalue weighted by Crippen LogP contribution is -2.31. The fourth-order valence-corrected chi connectivity index (χ4v) is 5.40. The number of hydrogen-bond acceptors (Lipinski definition) is 4. The molecule has 2 aromatic carbocycles. The predicted octanol–water partition coefficient (Wildman–Crippen LogP) is 2.97. The van der Waals surface area contributed by atoms with Gasteiger partial charge in [-0.25, -0.2) is 13.2 Å². The Balaban J connectivity index is 1.78. The Labute approximate surface area is 151 Å². The lowest BCUT2D eigenvalue weighted by molar-refractivity contribution is 0.395. The summed E-state index contributed by atoms with van der Waals surface area (Å²) in [5, 5.41) is 0. The van der Waals surface area contributed by atoms with Crippen molar-refractivity contribution in [3.63, 3.8) is 0 Å². The Bertz CT molecular complexity index is 1140. The summed E-state index contributed by atoms with van der Waals surface area (Å²) in [6.07, 6.45) is 1.62. The van der Waals surface area contributed by atoms with Crippen LogP contribution in [0.15, 0.2) is 56.6 Å². The fraction of sp³-hybridized carbons (Fsp3) is 0.316. The molecule has 1 aliphatic heterocycles. The molecule has 26 heavy (non-hydrogen) atoms. The van der Waals surface area contributed by atoms with E-state index in [4.69, 9.17) is 4.42 Å². The van der Waals surface area contributed by atoms with Crippen LogP contribution in [0.3, 0.4) is 0 Å². The van der Waals surface area contributed by atoms with Crippen LogP contribution in [-0.4, -0.2) is 23.8 Å². The van der Waals surface area contributed by atoms with Crippen molar-refractivity contribution in [1.29, 1.82) is 0 Å². The highest BCUT2D eigenvalue weighted by atomic mass is 32.2. The molecule has 0 saturated carbocycles. The van der Waals surface area contributed by atoms with E-state index < -0.39 is 15.8 Å². The van der Waals surface area contributed by atoms with Gasteiger partial charge in [0.1, 0.15) is 0 Å². The van der Waals surface area contributed by atoms with Gasteiger partial charge >= 0.3 is 5.76 Å². The normalized spacial score (nSPS) is 18.6. The highest BCUT2D eigenvalue weighted by molar-refractivity contribution is 7.89. The van der Waals surface area contributed by atoms with E-state index in [9.17, 15) is 13.2 Å². The molecule has 0 aliphatic carbocycles. The lowest BCUT2D eigenvalue weighted by Gasteiger charge is -2.25. The van der Waals surface area contributed by atoms with E-state index in [0.717, 1.165) is 24.0 Å². The Kier molecular flexibility index (Phi) is 4.00. The molecule has 6 nitrogen and oxygen atoms in total. The number of sulfonamides is 1. The second-order valence-corrected chi connectivity index (χ2v) is 8.58. The maximum absolute atomic E-state index is 13.3. The van der Waals surface area contributed by atoms with Gasteiger partial charge in [-0.05, 0) is 43.0 Å². The number of rotatable bonds is 3. The van der Waals surface area contributed by atoms with E-state index in [1.165, 1.54) is 10.6 Å². The van der Waals surface area contributed by atoms with Gasteiger partial charge in [0, 0.05) is 19.7 Å². The second kappa shape index (κ2) is 6.10. The zero-order valence-electron chi connectivity index (χ0n) is 14.7. The maximum atomic E-state index is 13.3. The minimum absolute atomic E-state index is 0.153. The van der Waals surface area contributed by atoms with Crippen LogP contribution in [0.5, 0.6) is 0 Å². The molecule has 0 N–H and O–H groups in total. The van der Waals surface area contributed by atoms with Crippen LogP contribution >= 0.6 is 0 Å². The molecule has 7 heteroatoms. The minimum atomic E-state index is -3.69. The number of oxazole rings is 1. The van der Waals surface area contributed by atoms with Crippen LogP contribution in [0.1, 0.15) is 30.0 Å². The number of aryl methyl sites for hydroxylation is 2. The fourth-order valence-electron chi connectivity index (χ4n) is 3.71. The molecule has 1 unspecified atom stereocenters. The molecule has 0 bridgehead atoms. The molecule has 1 aromatic heterocycles. The van der Waals surface area contributed by atoms with Crippen molar-refractivity contribution in [2.45, 2.75) is 30.7 Å². The monoisotopic (exact) mass is 372 g/mol. The summed E-state index contributed by atoms with van der Waals surface area (Å²) in [7, 11) is -2.09. The van der Waals surface area contributed by atoms with Crippen LogP contribution in [-0.2, 0) is 17.1 Å². The van der Waals surface area contributed by atoms with Crippen molar-refractivity contribution < 1.29 is 12.8 Å². The van der Waals surface area contributed by atoms with Gasteiger partial charge in [0.15, 0.2) is 5.58 Å². The van der Waals surface area contributed by atoms with Crippen LogP contribution in [0, 0.1) is 6.92 Å². The van der Waals surface area contributed by atoms with Crippen LogP contribution < -0.4 is 5.76 Å². The third-order valence-corrected chi connectivity index (χ3v) is 7.03. The number of aromatic nitrogens is 1. The Morgan fingerprint density at radius 1 is 1.15 bits per heavy atom. The van der Waals surface area contributed by atoms with Crippen molar-refractivity contribution in [3.05, 3.63) is 64.1 Å². The molecule has 1 saturated heterocycles. The number of nitrogens with zero attached hydrogens (tertiary/aromatic N) is 2. The molecule has 1 fully saturated rings. The van der Waals surface area contributed by atoms with Crippen LogP contribution in [0.2, 0.25) is 0 Å². The molecule has 1 aliphatic rings. The molecule has 0 amide bonds. The zero-order valence-corrected chi connectivity index (χ0v) is 15.5. The van der Waals surface area contributed by atoms with Crippen molar-refractivity contribution in [2.24, 2.45) is 7.05 Å². The minimum Gasteiger partial charge on any atom is -0.408 e. The van der Waals surface area contributed by atoms with E-state index in [2.05, 4.69) is 0 Å². The molecule has 1 atom stereocenters. The van der Waals surface area contributed by atoms with E-state index in [-0.39, 0.29) is 16.5 Å². The first-order chi connectivity index (χ1) is 12.4. The van der Waals surface area contributed by atoms with Gasteiger partial charge in [-0.3, -0.25) is 4.57 Å². The summed E-state index contributed by atoms with van der Waals surface area (Å²) in [6, 6.07) is 12.3. The molecule has 2 heterocycles. The van der Waals surface area contributed by atoms with E-state index >= 15 is 0 Å². The highest BCUT2D eigenvalue weighted by Gasteiger charge is 2.37. The van der Waals surface area contributed by atoms with Crippen molar-refractivity contribution in [3.8, 4) is 0 Å². The molecule has 0 spiro atoms. The summed E-state index contributed by atoms with van der Waals surface area (Å²) in [4.78, 5) is 11.8. The summed E-state index contributed by atoms with van der Waals surface area (Å²) in [6.45, 7) is 2.49. The van der Waals surface area contributed by atoms with Gasteiger partial charge in [-0.2, -0.15) is 4.31 Å². The van der Waals surface area contributed by atoms with Crippen molar-refractivity contribution in [1.82, 2.24) is 8.87 Å². The van der Waals surface area contributed by atoms with Crippen molar-refractivity contribution in [2.75, 3.05) is 6.54 Å². The Hall–Kier alpha value is -2.38. The summed E-state index contributed by atoms with van der Waals surface area (Å²) >= 11 is 0. The van der Waals surface area contributed by atoms with Gasteiger partial charge in [-0.1, -0.05) is 24.3 Å². The standard InChI is InChI=1S/C19H20N2O4S/c1-13-6-3-4-7-15(13)16-8-5-11-21(16)26(23,24)14-9-10-17-18(12-14)25-19(22)20(17)2/h3-4,6-7,9-10,12,16H,5,8,11H2,1-2H3. The quantitative estimate of drug-likeness (QED) is 0.709. The molecule has 3 aromatic rings. The van der Waals surface area contributed by atoms with E-state index in [1.807, 2.05) is 31.2 Å². The third-order valence-electron chi connectivity index (χ3n) is 5.12. The Morgan fingerprint density at radius 2 is 1.92 bits per heavy atom. The van der Waals surface area contributed by atoms with Gasteiger partial charge < -0.3 is 4.42 Å². The first-order valence-electron chi connectivity index (χ1n) is 8.56. The van der Waals surface area contributed by atoms with E-state index in [1.54, 1.807) is 23.5 Å². The van der Waals surface area contributed by atoms with Gasteiger partial charge in [-0.15, -0.1) is 0 Å². The lowest BCUT2D eigenvalue weighted by atomic mass is 10.0. The molecule has 4 rings (SSSR count). The average molecular weight is 372 g/mol. The topological polar surface area (TPSA) is 72.5 Å². The summed E-state index contributed by atoms with van der Waals surface area (Å²) < 4.78 is 34.6. The average Bonchev–Trinajstić information content (AvgIpc) is 3.21. The highest BCUT2D eigenvalue weighted by Crippen LogP contribution is 2.38. The second-order valence-electron chi connectivity index (χ2n) is 6.69. The number of hydrogen-bond donors (Lipinski definition) is 0. The third kappa shape index (κ3) is 2.59. The van der Waals surface area contributed by atoms with E-state index in [0.29, 0.717) is 12.1 Å². The summed E-state index contributed by atoms with van der Waals surface area (Å²) in [5.41, 5.74) is 2.99. The zero-order chi connectivity index (χ0) is 18.5. The molecule has 136 valence electrons. The van der Waals surface area contributed by atoms with Crippen LogP contribution in [0.4, 0.5) is 0 Å². The molecular formula is C19H20N2O4S. The first-order valence-corrected chi connectivity index (χ1v) is 10.0. The number of fused-ring (bicyclic) bond motifs is 1. The maximum Gasteiger partial charge on any atom is 0.419 e. The summed E-state index contributed by atoms with van der Waals surface area (Å²) in [5.74, 6) is -0.506. The number of benzene rings is 2. The van der Waals surface area contributed by atoms with Gasteiger partial charge in [0.2, 0.25) is 10.0 Å². The smallest absolute Gasteiger partial charge is 0.408 e. The van der Waals surface area contributed by atoms with Crippen molar-refractivity contribution >= 4 is 21.1 Å². The molecule has 0 radical (unpaired) electrons.